The molecular formula is C18H26O2. The minimum absolute atomic E-state index is 0.227. The first kappa shape index (κ1) is 13.9. The van der Waals surface area contributed by atoms with Crippen LogP contribution >= 0.6 is 0 Å². The van der Waals surface area contributed by atoms with Crippen LogP contribution in [0.4, 0.5) is 0 Å². The third kappa shape index (κ3) is 2.05. The summed E-state index contributed by atoms with van der Waals surface area (Å²) < 4.78 is 12.3. The highest BCUT2D eigenvalue weighted by atomic mass is 16.5. The molecule has 2 nitrogen and oxygen atoms in total. The van der Waals surface area contributed by atoms with Crippen molar-refractivity contribution in [3.63, 3.8) is 0 Å². The minimum Gasteiger partial charge on any atom is -0.493 e. The van der Waals surface area contributed by atoms with E-state index in [9.17, 15) is 0 Å². The Balaban J connectivity index is 1.88. The summed E-state index contributed by atoms with van der Waals surface area (Å²) in [5.41, 5.74) is 1.53. The van der Waals surface area contributed by atoms with Crippen molar-refractivity contribution in [2.75, 3.05) is 13.2 Å². The Morgan fingerprint density at radius 2 is 1.80 bits per heavy atom. The molecule has 1 aromatic rings. The van der Waals surface area contributed by atoms with Crippen molar-refractivity contribution in [2.24, 2.45) is 23.2 Å². The van der Waals surface area contributed by atoms with Crippen molar-refractivity contribution in [3.05, 3.63) is 29.8 Å². The summed E-state index contributed by atoms with van der Waals surface area (Å²) >= 11 is 0. The van der Waals surface area contributed by atoms with Gasteiger partial charge in [-0.15, -0.1) is 0 Å². The van der Waals surface area contributed by atoms with Crippen LogP contribution in [-0.4, -0.2) is 13.2 Å². The van der Waals surface area contributed by atoms with Crippen molar-refractivity contribution >= 4 is 0 Å². The molecule has 2 unspecified atom stereocenters. The highest BCUT2D eigenvalue weighted by Crippen LogP contribution is 2.52. The predicted molar refractivity (Wildman–Crippen MR) is 80.8 cm³/mol. The van der Waals surface area contributed by atoms with Gasteiger partial charge in [0, 0.05) is 11.5 Å². The van der Waals surface area contributed by atoms with Crippen molar-refractivity contribution in [1.82, 2.24) is 0 Å². The van der Waals surface area contributed by atoms with Gasteiger partial charge in [0.05, 0.1) is 19.3 Å². The summed E-state index contributed by atoms with van der Waals surface area (Å²) in [6.45, 7) is 11.0. The molecule has 1 saturated heterocycles. The van der Waals surface area contributed by atoms with Crippen LogP contribution in [0.25, 0.3) is 0 Å². The SMILES string of the molecule is CC(C)C1(C(C)C)COC2c3ccccc3OCC2C1. The number of benzene rings is 1. The number of para-hydroxylation sites is 1. The molecular weight excluding hydrogens is 248 g/mol. The largest absolute Gasteiger partial charge is 0.493 e. The lowest BCUT2D eigenvalue weighted by Gasteiger charge is -2.51. The average Bonchev–Trinajstić information content (AvgIpc) is 2.46. The van der Waals surface area contributed by atoms with Crippen LogP contribution in [0.15, 0.2) is 24.3 Å². The molecule has 0 amide bonds. The van der Waals surface area contributed by atoms with Crippen LogP contribution in [0.1, 0.15) is 45.8 Å². The Morgan fingerprint density at radius 1 is 1.10 bits per heavy atom. The lowest BCUT2D eigenvalue weighted by atomic mass is 9.62. The Kier molecular flexibility index (Phi) is 3.53. The Bertz CT molecular complexity index is 470. The molecule has 0 aromatic heterocycles. The standard InChI is InChI=1S/C18H26O2/c1-12(2)18(13(3)4)9-14-10-19-16-8-6-5-7-15(16)17(14)20-11-18/h5-8,12-14,17H,9-11H2,1-4H3. The second kappa shape index (κ2) is 5.07. The summed E-state index contributed by atoms with van der Waals surface area (Å²) in [5, 5.41) is 0. The number of hydrogen-bond donors (Lipinski definition) is 0. The van der Waals surface area contributed by atoms with Gasteiger partial charge >= 0.3 is 0 Å². The molecule has 0 radical (unpaired) electrons. The first-order valence-corrected chi connectivity index (χ1v) is 7.88. The molecule has 2 heteroatoms. The summed E-state index contributed by atoms with van der Waals surface area (Å²) in [6.07, 6.45) is 1.44. The van der Waals surface area contributed by atoms with Crippen LogP contribution in [0.3, 0.4) is 0 Å². The maximum Gasteiger partial charge on any atom is 0.125 e. The molecule has 0 aliphatic carbocycles. The third-order valence-electron chi connectivity index (χ3n) is 5.58. The number of ether oxygens (including phenoxy) is 2. The fourth-order valence-corrected chi connectivity index (χ4v) is 4.04. The molecule has 1 fully saturated rings. The monoisotopic (exact) mass is 274 g/mol. The molecule has 2 aliphatic rings. The van der Waals surface area contributed by atoms with Crippen molar-refractivity contribution in [2.45, 2.75) is 40.2 Å². The number of rotatable bonds is 2. The van der Waals surface area contributed by atoms with Gasteiger partial charge in [-0.3, -0.25) is 0 Å². The van der Waals surface area contributed by atoms with E-state index in [2.05, 4.69) is 45.9 Å². The van der Waals surface area contributed by atoms with Crippen LogP contribution < -0.4 is 4.74 Å². The maximum absolute atomic E-state index is 6.37. The topological polar surface area (TPSA) is 18.5 Å². The van der Waals surface area contributed by atoms with E-state index in [1.54, 1.807) is 0 Å². The fraction of sp³-hybridized carbons (Fsp3) is 0.667. The first-order valence-electron chi connectivity index (χ1n) is 7.88. The Morgan fingerprint density at radius 3 is 2.50 bits per heavy atom. The number of fused-ring (bicyclic) bond motifs is 3. The van der Waals surface area contributed by atoms with E-state index in [0.29, 0.717) is 17.8 Å². The summed E-state index contributed by atoms with van der Waals surface area (Å²) in [4.78, 5) is 0. The zero-order valence-corrected chi connectivity index (χ0v) is 13.1. The van der Waals surface area contributed by atoms with Gasteiger partial charge < -0.3 is 9.47 Å². The molecule has 2 heterocycles. The fourth-order valence-electron chi connectivity index (χ4n) is 4.04. The lowest BCUT2D eigenvalue weighted by Crippen LogP contribution is -2.47. The van der Waals surface area contributed by atoms with Crippen molar-refractivity contribution in [1.29, 1.82) is 0 Å². The molecule has 110 valence electrons. The summed E-state index contributed by atoms with van der Waals surface area (Å²) in [5.74, 6) is 2.78. The van der Waals surface area contributed by atoms with Gasteiger partial charge in [-0.1, -0.05) is 45.9 Å². The third-order valence-corrected chi connectivity index (χ3v) is 5.58. The Hall–Kier alpha value is -1.02. The first-order chi connectivity index (χ1) is 9.54. The Labute approximate surface area is 122 Å². The van der Waals surface area contributed by atoms with Gasteiger partial charge in [0.2, 0.25) is 0 Å². The molecule has 1 aromatic carbocycles. The van der Waals surface area contributed by atoms with Crippen LogP contribution in [0, 0.1) is 23.2 Å². The van der Waals surface area contributed by atoms with Crippen LogP contribution in [0.5, 0.6) is 5.75 Å². The molecule has 0 bridgehead atoms. The average molecular weight is 274 g/mol. The summed E-state index contributed by atoms with van der Waals surface area (Å²) in [7, 11) is 0. The zero-order valence-electron chi connectivity index (χ0n) is 13.1. The van der Waals surface area contributed by atoms with E-state index < -0.39 is 0 Å². The number of hydrogen-bond acceptors (Lipinski definition) is 2. The van der Waals surface area contributed by atoms with Gasteiger partial charge in [0.25, 0.3) is 0 Å². The van der Waals surface area contributed by atoms with E-state index >= 15 is 0 Å². The summed E-state index contributed by atoms with van der Waals surface area (Å²) in [6, 6.07) is 8.33. The zero-order chi connectivity index (χ0) is 14.3. The van der Waals surface area contributed by atoms with Gasteiger partial charge in [-0.05, 0) is 29.7 Å². The van der Waals surface area contributed by atoms with E-state index in [1.807, 2.05) is 6.07 Å². The second-order valence-electron chi connectivity index (χ2n) is 7.09. The van der Waals surface area contributed by atoms with E-state index in [0.717, 1.165) is 19.0 Å². The minimum atomic E-state index is 0.227. The van der Waals surface area contributed by atoms with Gasteiger partial charge in [-0.25, -0.2) is 0 Å². The predicted octanol–water partition coefficient (Wildman–Crippen LogP) is 4.46. The van der Waals surface area contributed by atoms with Crippen molar-refractivity contribution < 1.29 is 9.47 Å². The molecule has 3 rings (SSSR count). The molecule has 0 N–H and O–H groups in total. The van der Waals surface area contributed by atoms with Gasteiger partial charge in [0.15, 0.2) is 0 Å². The molecule has 20 heavy (non-hydrogen) atoms. The van der Waals surface area contributed by atoms with E-state index in [4.69, 9.17) is 9.47 Å². The highest BCUT2D eigenvalue weighted by Gasteiger charge is 2.47. The van der Waals surface area contributed by atoms with Crippen LogP contribution in [-0.2, 0) is 4.74 Å². The normalized spacial score (nSPS) is 27.9. The van der Waals surface area contributed by atoms with Crippen molar-refractivity contribution in [3.8, 4) is 5.75 Å². The van der Waals surface area contributed by atoms with E-state index in [-0.39, 0.29) is 11.5 Å². The quantitative estimate of drug-likeness (QED) is 0.793. The smallest absolute Gasteiger partial charge is 0.125 e. The van der Waals surface area contributed by atoms with Gasteiger partial charge in [0.1, 0.15) is 5.75 Å². The molecule has 2 aliphatic heterocycles. The second-order valence-corrected chi connectivity index (χ2v) is 7.09. The van der Waals surface area contributed by atoms with Crippen LogP contribution in [0.2, 0.25) is 0 Å². The lowest BCUT2D eigenvalue weighted by molar-refractivity contribution is -0.151. The molecule has 0 saturated carbocycles. The molecule has 2 atom stereocenters. The maximum atomic E-state index is 6.37. The van der Waals surface area contributed by atoms with Gasteiger partial charge in [-0.2, -0.15) is 0 Å². The highest BCUT2D eigenvalue weighted by molar-refractivity contribution is 5.37. The van der Waals surface area contributed by atoms with E-state index in [1.165, 1.54) is 12.0 Å². The molecule has 0 spiro atoms.